The zero-order valence-corrected chi connectivity index (χ0v) is 36.3. The van der Waals surface area contributed by atoms with E-state index < -0.39 is 0 Å². The van der Waals surface area contributed by atoms with Crippen LogP contribution < -0.4 is 0 Å². The molecule has 1 heterocycles. The van der Waals surface area contributed by atoms with E-state index in [0.29, 0.717) is 5.82 Å². The third-order valence-corrected chi connectivity index (χ3v) is 13.5. The van der Waals surface area contributed by atoms with Crippen molar-refractivity contribution in [3.8, 4) is 89.5 Å². The van der Waals surface area contributed by atoms with Crippen LogP contribution in [0.15, 0.2) is 231 Å². The molecule has 0 unspecified atom stereocenters. The van der Waals surface area contributed by atoms with Gasteiger partial charge in [0.15, 0.2) is 5.82 Å². The van der Waals surface area contributed by atoms with Crippen LogP contribution in [0.5, 0.6) is 0 Å². The Hall–Kier alpha value is -8.20. The minimum Gasteiger partial charge on any atom is -0.228 e. The highest BCUT2D eigenvalue weighted by Crippen LogP contribution is 2.50. The zero-order chi connectivity index (χ0) is 43.5. The van der Waals surface area contributed by atoms with E-state index in [1.807, 2.05) is 18.2 Å². The third-order valence-electron chi connectivity index (χ3n) is 13.5. The normalized spacial score (nSPS) is 12.6. The highest BCUT2D eigenvalue weighted by atomic mass is 14.9. The van der Waals surface area contributed by atoms with E-state index >= 15 is 0 Å². The molecule has 2 nitrogen and oxygen atoms in total. The lowest BCUT2D eigenvalue weighted by molar-refractivity contribution is 0.660. The van der Waals surface area contributed by atoms with Crippen molar-refractivity contribution in [3.63, 3.8) is 0 Å². The number of hydrogen-bond acceptors (Lipinski definition) is 2. The summed E-state index contributed by atoms with van der Waals surface area (Å²) in [4.78, 5) is 10.5. The van der Waals surface area contributed by atoms with Gasteiger partial charge < -0.3 is 0 Å². The molecule has 65 heavy (non-hydrogen) atoms. The van der Waals surface area contributed by atoms with Crippen LogP contribution >= 0.6 is 0 Å². The van der Waals surface area contributed by atoms with Gasteiger partial charge >= 0.3 is 0 Å². The fourth-order valence-corrected chi connectivity index (χ4v) is 10.1. The monoisotopic (exact) mass is 828 g/mol. The molecule has 0 spiro atoms. The van der Waals surface area contributed by atoms with Gasteiger partial charge in [0.25, 0.3) is 0 Å². The van der Waals surface area contributed by atoms with Crippen molar-refractivity contribution in [2.45, 2.75) is 19.3 Å². The van der Waals surface area contributed by atoms with Crippen LogP contribution in [0.25, 0.3) is 111 Å². The van der Waals surface area contributed by atoms with E-state index in [2.05, 4.69) is 226 Å². The molecule has 0 bridgehead atoms. The second-order valence-electron chi connectivity index (χ2n) is 17.8. The van der Waals surface area contributed by atoms with Gasteiger partial charge in [-0.15, -0.1) is 0 Å². The molecule has 1 aliphatic rings. The van der Waals surface area contributed by atoms with Crippen molar-refractivity contribution in [2.24, 2.45) is 0 Å². The smallest absolute Gasteiger partial charge is 0.160 e. The molecule has 0 amide bonds. The Bertz CT molecular complexity index is 3620. The summed E-state index contributed by atoms with van der Waals surface area (Å²) in [5, 5.41) is 4.78. The first kappa shape index (κ1) is 38.5. The lowest BCUT2D eigenvalue weighted by atomic mass is 9.81. The number of aromatic nitrogens is 2. The summed E-state index contributed by atoms with van der Waals surface area (Å²) < 4.78 is 0. The summed E-state index contributed by atoms with van der Waals surface area (Å²) in [7, 11) is 0. The quantitative estimate of drug-likeness (QED) is 0.160. The van der Waals surface area contributed by atoms with Crippen molar-refractivity contribution < 1.29 is 0 Å². The third kappa shape index (κ3) is 6.83. The minimum atomic E-state index is -0.0985. The van der Waals surface area contributed by atoms with Crippen molar-refractivity contribution in [2.75, 3.05) is 0 Å². The minimum absolute atomic E-state index is 0.0985. The molecule has 0 saturated carbocycles. The summed E-state index contributed by atoms with van der Waals surface area (Å²) in [6.45, 7) is 4.72. The molecular weight excluding hydrogens is 785 g/mol. The maximum atomic E-state index is 5.31. The molecule has 11 aromatic rings. The molecule has 0 atom stereocenters. The van der Waals surface area contributed by atoms with Crippen LogP contribution in [0, 0.1) is 0 Å². The average molecular weight is 829 g/mol. The zero-order valence-electron chi connectivity index (χ0n) is 36.3. The Morgan fingerprint density at radius 3 is 1.60 bits per heavy atom. The summed E-state index contributed by atoms with van der Waals surface area (Å²) in [5.74, 6) is 0.699. The second kappa shape index (κ2) is 15.6. The van der Waals surface area contributed by atoms with Gasteiger partial charge in [-0.2, -0.15) is 0 Å². The van der Waals surface area contributed by atoms with Gasteiger partial charge in [-0.1, -0.05) is 202 Å². The van der Waals surface area contributed by atoms with Crippen molar-refractivity contribution >= 4 is 21.5 Å². The molecule has 0 radical (unpaired) electrons. The van der Waals surface area contributed by atoms with Gasteiger partial charge in [-0.25, -0.2) is 9.97 Å². The maximum absolute atomic E-state index is 5.31. The highest BCUT2D eigenvalue weighted by molar-refractivity contribution is 6.06. The topological polar surface area (TPSA) is 25.8 Å². The number of rotatable bonds is 7. The van der Waals surface area contributed by atoms with Crippen LogP contribution in [0.4, 0.5) is 0 Å². The summed E-state index contributed by atoms with van der Waals surface area (Å²) >= 11 is 0. The molecular formula is C63H44N2. The number of nitrogens with zero attached hydrogens (tertiary/aromatic N) is 2. The standard InChI is InChI=1S/C63H44N2/c1-63(2)58-27-14-13-26-55(58)56-31-30-47(39-59(56)63)50-36-49(46-29-28-42-18-9-10-21-44(42)34-46)37-51(38-50)52-32-33-57(54-25-12-11-24-53(52)54)61-40-60(64-62(65-61)43-19-7-4-8-20-43)48-23-15-22-45(35-48)41-16-5-3-6-17-41/h3-40H,1-2H3. The Morgan fingerprint density at radius 1 is 0.277 bits per heavy atom. The molecule has 10 aromatic carbocycles. The molecule has 12 rings (SSSR count). The average Bonchev–Trinajstić information content (AvgIpc) is 3.61. The Morgan fingerprint density at radius 2 is 0.800 bits per heavy atom. The van der Waals surface area contributed by atoms with Gasteiger partial charge in [0.05, 0.1) is 11.4 Å². The Kier molecular flexibility index (Phi) is 9.21. The van der Waals surface area contributed by atoms with Gasteiger partial charge in [0, 0.05) is 22.1 Å². The molecule has 0 saturated heterocycles. The second-order valence-corrected chi connectivity index (χ2v) is 17.8. The molecule has 1 aromatic heterocycles. The van der Waals surface area contributed by atoms with Crippen LogP contribution in [0.1, 0.15) is 25.0 Å². The van der Waals surface area contributed by atoms with Gasteiger partial charge in [0.1, 0.15) is 0 Å². The first-order valence-corrected chi connectivity index (χ1v) is 22.5. The van der Waals surface area contributed by atoms with E-state index in [0.717, 1.165) is 39.0 Å². The predicted molar refractivity (Wildman–Crippen MR) is 273 cm³/mol. The van der Waals surface area contributed by atoms with E-state index in [1.165, 1.54) is 77.4 Å². The summed E-state index contributed by atoms with van der Waals surface area (Å²) in [5.41, 5.74) is 19.6. The van der Waals surface area contributed by atoms with E-state index in [4.69, 9.17) is 9.97 Å². The van der Waals surface area contributed by atoms with Gasteiger partial charge in [-0.05, 0) is 131 Å². The van der Waals surface area contributed by atoms with E-state index in [-0.39, 0.29) is 5.41 Å². The molecule has 2 heteroatoms. The van der Waals surface area contributed by atoms with Crippen LogP contribution in [0.3, 0.4) is 0 Å². The SMILES string of the molecule is CC1(C)c2ccccc2-c2ccc(-c3cc(-c4ccc5ccccc5c4)cc(-c4ccc(-c5cc(-c6cccc(-c7ccccc7)c6)nc(-c6ccccc6)n5)c5ccccc45)c3)cc21. The predicted octanol–water partition coefficient (Wildman–Crippen LogP) is 16.8. The number of fused-ring (bicyclic) bond motifs is 5. The van der Waals surface area contributed by atoms with Gasteiger partial charge in [-0.3, -0.25) is 0 Å². The fraction of sp³-hybridized carbons (Fsp3) is 0.0476. The molecule has 0 N–H and O–H groups in total. The van der Waals surface area contributed by atoms with Crippen molar-refractivity contribution in [3.05, 3.63) is 242 Å². The van der Waals surface area contributed by atoms with Gasteiger partial charge in [0.2, 0.25) is 0 Å². The summed E-state index contributed by atoms with van der Waals surface area (Å²) in [6.07, 6.45) is 0. The molecule has 0 fully saturated rings. The highest BCUT2D eigenvalue weighted by Gasteiger charge is 2.35. The van der Waals surface area contributed by atoms with Crippen LogP contribution in [-0.2, 0) is 5.41 Å². The lowest BCUT2D eigenvalue weighted by Gasteiger charge is -2.22. The molecule has 0 aliphatic heterocycles. The fourth-order valence-electron chi connectivity index (χ4n) is 10.1. The Labute approximate surface area is 380 Å². The van der Waals surface area contributed by atoms with Crippen LogP contribution in [0.2, 0.25) is 0 Å². The number of benzene rings is 10. The molecule has 306 valence electrons. The van der Waals surface area contributed by atoms with Crippen LogP contribution in [-0.4, -0.2) is 9.97 Å². The first-order chi connectivity index (χ1) is 31.9. The first-order valence-electron chi connectivity index (χ1n) is 22.5. The number of hydrogen-bond donors (Lipinski definition) is 0. The Balaban J connectivity index is 1.03. The van der Waals surface area contributed by atoms with Crippen molar-refractivity contribution in [1.82, 2.24) is 9.97 Å². The van der Waals surface area contributed by atoms with Crippen molar-refractivity contribution in [1.29, 1.82) is 0 Å². The lowest BCUT2D eigenvalue weighted by Crippen LogP contribution is -2.14. The van der Waals surface area contributed by atoms with E-state index in [1.54, 1.807) is 0 Å². The maximum Gasteiger partial charge on any atom is 0.160 e. The largest absolute Gasteiger partial charge is 0.228 e. The van der Waals surface area contributed by atoms with E-state index in [9.17, 15) is 0 Å². The molecule has 1 aliphatic carbocycles. The summed E-state index contributed by atoms with van der Waals surface area (Å²) in [6, 6.07) is 83.6.